The molecule has 3 nitrogen and oxygen atoms in total. The number of amides is 1. The molecule has 12 heavy (non-hydrogen) atoms. The fourth-order valence-electron chi connectivity index (χ4n) is 1.87. The summed E-state index contributed by atoms with van der Waals surface area (Å²) in [6.45, 7) is 1.56. The predicted molar refractivity (Wildman–Crippen MR) is 45.7 cm³/mol. The second kappa shape index (κ2) is 3.70. The van der Waals surface area contributed by atoms with Gasteiger partial charge < -0.3 is 5.32 Å². The molecular formula is C9H15NO2. The average Bonchev–Trinajstić information content (AvgIpc) is 2.06. The van der Waals surface area contributed by atoms with Gasteiger partial charge in [-0.2, -0.15) is 0 Å². The molecule has 1 rings (SSSR count). The molecule has 1 amide bonds. The third-order valence-corrected chi connectivity index (χ3v) is 2.72. The Bertz CT molecular complexity index is 183. The van der Waals surface area contributed by atoms with Gasteiger partial charge in [-0.15, -0.1) is 0 Å². The van der Waals surface area contributed by atoms with Crippen LogP contribution >= 0.6 is 0 Å². The monoisotopic (exact) mass is 169 g/mol. The van der Waals surface area contributed by atoms with Gasteiger partial charge in [0.25, 0.3) is 0 Å². The number of rotatable bonds is 3. The molecule has 1 saturated carbocycles. The summed E-state index contributed by atoms with van der Waals surface area (Å²) >= 11 is 0. The summed E-state index contributed by atoms with van der Waals surface area (Å²) in [6, 6.07) is 0. The van der Waals surface area contributed by atoms with Gasteiger partial charge in [0.05, 0.1) is 5.54 Å². The molecule has 0 saturated heterocycles. The van der Waals surface area contributed by atoms with Gasteiger partial charge in [-0.25, -0.2) is 0 Å². The Hall–Kier alpha value is -0.860. The third-order valence-electron chi connectivity index (χ3n) is 2.72. The van der Waals surface area contributed by atoms with Gasteiger partial charge in [0, 0.05) is 0 Å². The molecule has 0 aliphatic heterocycles. The number of Topliss-reactive ketones (excluding diaryl/α,β-unsaturated/α-hetero) is 1. The first-order valence-electron chi connectivity index (χ1n) is 4.44. The van der Waals surface area contributed by atoms with E-state index in [-0.39, 0.29) is 5.78 Å². The van der Waals surface area contributed by atoms with E-state index < -0.39 is 5.54 Å². The van der Waals surface area contributed by atoms with Gasteiger partial charge in [0.2, 0.25) is 6.41 Å². The Morgan fingerprint density at radius 3 is 2.33 bits per heavy atom. The Labute approximate surface area is 72.5 Å². The van der Waals surface area contributed by atoms with Crippen LogP contribution in [0, 0.1) is 0 Å². The minimum atomic E-state index is -0.528. The van der Waals surface area contributed by atoms with E-state index in [2.05, 4.69) is 5.32 Å². The van der Waals surface area contributed by atoms with E-state index in [4.69, 9.17) is 0 Å². The van der Waals surface area contributed by atoms with Crippen LogP contribution in [-0.4, -0.2) is 17.7 Å². The van der Waals surface area contributed by atoms with Crippen LogP contribution in [0.15, 0.2) is 0 Å². The Morgan fingerprint density at radius 1 is 1.33 bits per heavy atom. The number of hydrogen-bond donors (Lipinski definition) is 1. The van der Waals surface area contributed by atoms with Crippen LogP contribution in [-0.2, 0) is 9.59 Å². The topological polar surface area (TPSA) is 46.2 Å². The van der Waals surface area contributed by atoms with Crippen LogP contribution in [0.4, 0.5) is 0 Å². The zero-order valence-electron chi connectivity index (χ0n) is 7.43. The molecule has 0 aromatic heterocycles. The van der Waals surface area contributed by atoms with E-state index in [0.717, 1.165) is 25.7 Å². The van der Waals surface area contributed by atoms with Crippen molar-refractivity contribution < 1.29 is 9.59 Å². The minimum Gasteiger partial charge on any atom is -0.346 e. The summed E-state index contributed by atoms with van der Waals surface area (Å²) < 4.78 is 0. The average molecular weight is 169 g/mol. The Kier molecular flexibility index (Phi) is 2.84. The van der Waals surface area contributed by atoms with E-state index in [9.17, 15) is 9.59 Å². The van der Waals surface area contributed by atoms with E-state index in [1.54, 1.807) is 6.92 Å². The van der Waals surface area contributed by atoms with Crippen molar-refractivity contribution in [3.8, 4) is 0 Å². The lowest BCUT2D eigenvalue weighted by atomic mass is 9.79. The molecule has 1 N–H and O–H groups in total. The first kappa shape index (κ1) is 9.23. The summed E-state index contributed by atoms with van der Waals surface area (Å²) in [5.41, 5.74) is -0.528. The van der Waals surface area contributed by atoms with Crippen molar-refractivity contribution >= 4 is 12.2 Å². The third kappa shape index (κ3) is 1.65. The normalized spacial score (nSPS) is 21.4. The van der Waals surface area contributed by atoms with Crippen LogP contribution in [0.1, 0.15) is 39.0 Å². The molecule has 0 spiro atoms. The van der Waals surface area contributed by atoms with Gasteiger partial charge in [-0.1, -0.05) is 19.3 Å². The maximum Gasteiger partial charge on any atom is 0.207 e. The Balaban J connectivity index is 2.69. The second-order valence-electron chi connectivity index (χ2n) is 3.46. The largest absolute Gasteiger partial charge is 0.346 e. The molecule has 1 aliphatic carbocycles. The van der Waals surface area contributed by atoms with E-state index in [1.807, 2.05) is 0 Å². The zero-order valence-corrected chi connectivity index (χ0v) is 7.43. The standard InChI is InChI=1S/C9H15NO2/c1-8(12)9(10-7-11)5-3-2-4-6-9/h7H,2-6H2,1H3,(H,10,11). The molecule has 1 fully saturated rings. The molecule has 0 unspecified atom stereocenters. The number of carbonyl (C=O) groups is 2. The van der Waals surface area contributed by atoms with Crippen LogP contribution in [0.25, 0.3) is 0 Å². The lowest BCUT2D eigenvalue weighted by Crippen LogP contribution is -2.51. The first-order valence-corrected chi connectivity index (χ1v) is 4.44. The Morgan fingerprint density at radius 2 is 1.92 bits per heavy atom. The summed E-state index contributed by atoms with van der Waals surface area (Å²) in [7, 11) is 0. The van der Waals surface area contributed by atoms with Crippen molar-refractivity contribution in [3.63, 3.8) is 0 Å². The van der Waals surface area contributed by atoms with Crippen molar-refractivity contribution in [1.82, 2.24) is 5.32 Å². The number of nitrogens with one attached hydrogen (secondary N) is 1. The molecule has 0 aromatic carbocycles. The van der Waals surface area contributed by atoms with E-state index in [0.29, 0.717) is 6.41 Å². The maximum absolute atomic E-state index is 11.3. The zero-order chi connectivity index (χ0) is 9.03. The fraction of sp³-hybridized carbons (Fsp3) is 0.778. The fourth-order valence-corrected chi connectivity index (χ4v) is 1.87. The van der Waals surface area contributed by atoms with Gasteiger partial charge >= 0.3 is 0 Å². The van der Waals surface area contributed by atoms with Gasteiger partial charge in [-0.05, 0) is 19.8 Å². The highest BCUT2D eigenvalue weighted by atomic mass is 16.1. The lowest BCUT2D eigenvalue weighted by molar-refractivity contribution is -0.127. The summed E-state index contributed by atoms with van der Waals surface area (Å²) in [4.78, 5) is 21.6. The molecule has 0 radical (unpaired) electrons. The second-order valence-corrected chi connectivity index (χ2v) is 3.46. The van der Waals surface area contributed by atoms with Crippen LogP contribution in [0.2, 0.25) is 0 Å². The molecule has 3 heteroatoms. The van der Waals surface area contributed by atoms with Gasteiger partial charge in [0.1, 0.15) is 0 Å². The number of hydrogen-bond acceptors (Lipinski definition) is 2. The van der Waals surface area contributed by atoms with Crippen LogP contribution in [0.3, 0.4) is 0 Å². The van der Waals surface area contributed by atoms with E-state index >= 15 is 0 Å². The predicted octanol–water partition coefficient (Wildman–Crippen LogP) is 1.02. The van der Waals surface area contributed by atoms with E-state index in [1.165, 1.54) is 6.42 Å². The first-order chi connectivity index (χ1) is 5.71. The smallest absolute Gasteiger partial charge is 0.207 e. The van der Waals surface area contributed by atoms with Crippen LogP contribution in [0.5, 0.6) is 0 Å². The van der Waals surface area contributed by atoms with Crippen molar-refractivity contribution in [1.29, 1.82) is 0 Å². The highest BCUT2D eigenvalue weighted by Gasteiger charge is 2.35. The SMILES string of the molecule is CC(=O)C1(NC=O)CCCCC1. The van der Waals surface area contributed by atoms with Crippen molar-refractivity contribution in [2.45, 2.75) is 44.6 Å². The van der Waals surface area contributed by atoms with Gasteiger partial charge in [0.15, 0.2) is 5.78 Å². The maximum atomic E-state index is 11.3. The highest BCUT2D eigenvalue weighted by molar-refractivity contribution is 5.88. The summed E-state index contributed by atoms with van der Waals surface area (Å²) in [5.74, 6) is 0.0919. The molecule has 0 aromatic rings. The molecule has 0 bridgehead atoms. The van der Waals surface area contributed by atoms with Crippen LogP contribution < -0.4 is 5.32 Å². The summed E-state index contributed by atoms with van der Waals surface area (Å²) in [5, 5.41) is 2.67. The quantitative estimate of drug-likeness (QED) is 0.641. The molecule has 68 valence electrons. The minimum absolute atomic E-state index is 0.0919. The molecule has 0 atom stereocenters. The lowest BCUT2D eigenvalue weighted by Gasteiger charge is -2.34. The van der Waals surface area contributed by atoms with Gasteiger partial charge in [-0.3, -0.25) is 9.59 Å². The molecular weight excluding hydrogens is 154 g/mol. The summed E-state index contributed by atoms with van der Waals surface area (Å²) in [6.07, 6.45) is 5.52. The van der Waals surface area contributed by atoms with Crippen molar-refractivity contribution in [2.75, 3.05) is 0 Å². The molecule has 0 heterocycles. The number of ketones is 1. The van der Waals surface area contributed by atoms with Crippen molar-refractivity contribution in [3.05, 3.63) is 0 Å². The highest BCUT2D eigenvalue weighted by Crippen LogP contribution is 2.28. The number of carbonyl (C=O) groups excluding carboxylic acids is 2. The van der Waals surface area contributed by atoms with Crippen molar-refractivity contribution in [2.24, 2.45) is 0 Å². The molecule has 1 aliphatic rings.